The van der Waals surface area contributed by atoms with Gasteiger partial charge >= 0.3 is 51.4 Å². The van der Waals surface area contributed by atoms with Crippen LogP contribution in [0, 0.1) is 0 Å². The Morgan fingerprint density at radius 2 is 1.76 bits per heavy atom. The number of aliphatic hydroxyl groups is 4. The zero-order chi connectivity index (χ0) is 17.9. The number of hydrogen-bond acceptors (Lipinski definition) is 9. The van der Waals surface area contributed by atoms with Crippen molar-refractivity contribution in [1.29, 1.82) is 0 Å². The quantitative estimate of drug-likeness (QED) is 0.191. The van der Waals surface area contributed by atoms with Crippen molar-refractivity contribution in [1.82, 2.24) is 0 Å². The van der Waals surface area contributed by atoms with E-state index in [1.54, 1.807) is 0 Å². The molecule has 0 spiro atoms. The molecule has 1 aliphatic heterocycles. The van der Waals surface area contributed by atoms with Gasteiger partial charge in [0, 0.05) is 0 Å². The second kappa shape index (κ2) is 9.97. The summed E-state index contributed by atoms with van der Waals surface area (Å²) in [6, 6.07) is 5.48. The first kappa shape index (κ1) is 22.5. The molecule has 10 heteroatoms. The van der Waals surface area contributed by atoms with E-state index in [9.17, 15) is 30.3 Å². The van der Waals surface area contributed by atoms with Gasteiger partial charge in [-0.15, -0.1) is 0 Å². The van der Waals surface area contributed by atoms with Gasteiger partial charge in [-0.05, 0) is 23.8 Å². The molecule has 0 bridgehead atoms. The Kier molecular flexibility index (Phi) is 8.98. The molecular weight excluding hydrogens is 363 g/mol. The molecule has 9 nitrogen and oxygen atoms in total. The molecule has 1 heterocycles. The van der Waals surface area contributed by atoms with Crippen molar-refractivity contribution in [3.05, 3.63) is 35.6 Å². The fourth-order valence-electron chi connectivity index (χ4n) is 2.15. The zero-order valence-electron chi connectivity index (χ0n) is 13.3. The topological polar surface area (TPSA) is 160 Å². The molecule has 0 radical (unpaired) electrons. The normalized spacial score (nSPS) is 29.6. The van der Waals surface area contributed by atoms with Gasteiger partial charge in [-0.2, -0.15) is 0 Å². The van der Waals surface area contributed by atoms with Gasteiger partial charge in [-0.3, -0.25) is 0 Å². The Balaban J connectivity index is 0.00000312. The molecule has 1 aromatic carbocycles. The number of aliphatic carboxylic acids is 1. The van der Waals surface area contributed by atoms with Crippen molar-refractivity contribution >= 4 is 12.0 Å². The third-order valence-electron chi connectivity index (χ3n) is 3.48. The van der Waals surface area contributed by atoms with Crippen LogP contribution in [0.3, 0.4) is 0 Å². The second-order valence-corrected chi connectivity index (χ2v) is 5.20. The summed E-state index contributed by atoms with van der Waals surface area (Å²) in [6.45, 7) is -0.673. The number of rotatable bonds is 5. The summed E-state index contributed by atoms with van der Waals surface area (Å²) in [4.78, 5) is 11.2. The molecule has 2 rings (SSSR count). The zero-order valence-corrected chi connectivity index (χ0v) is 16.5. The average Bonchev–Trinajstić information content (AvgIpc) is 2.56. The molecule has 1 aliphatic rings. The number of benzene rings is 1. The standard InChI is InChI=1S/C15H18O9.K/c16-6-10-11(18)12(19)13(20)15(24-10)23-9(14(21)22)5-7-1-3-8(17)4-2-7;/h1-5,10-13,15-20H,6H2,(H,21,22);/q;+1/p-1/b9-5+;/t10-,11-,12+,13-,15-;/m0./s1. The van der Waals surface area contributed by atoms with Crippen LogP contribution in [0.5, 0.6) is 5.75 Å². The molecule has 25 heavy (non-hydrogen) atoms. The van der Waals surface area contributed by atoms with Crippen molar-refractivity contribution < 1.29 is 96.3 Å². The van der Waals surface area contributed by atoms with Gasteiger partial charge < -0.3 is 44.9 Å². The van der Waals surface area contributed by atoms with Crippen molar-refractivity contribution in [2.75, 3.05) is 6.61 Å². The summed E-state index contributed by atoms with van der Waals surface area (Å²) in [6.07, 6.45) is -6.83. The summed E-state index contributed by atoms with van der Waals surface area (Å²) in [5.41, 5.74) is 0.358. The molecule has 0 unspecified atom stereocenters. The minimum Gasteiger partial charge on any atom is -0.542 e. The first-order valence-electron chi connectivity index (χ1n) is 7.02. The molecule has 132 valence electrons. The predicted octanol–water partition coefficient (Wildman–Crippen LogP) is -5.70. The molecule has 0 saturated carbocycles. The second-order valence-electron chi connectivity index (χ2n) is 5.20. The monoisotopic (exact) mass is 380 g/mol. The number of aromatic hydroxyl groups is 1. The molecule has 5 atom stereocenters. The first-order chi connectivity index (χ1) is 11.3. The van der Waals surface area contributed by atoms with Crippen molar-refractivity contribution in [2.24, 2.45) is 0 Å². The van der Waals surface area contributed by atoms with Crippen LogP contribution in [0.25, 0.3) is 6.08 Å². The van der Waals surface area contributed by atoms with E-state index in [2.05, 4.69) is 0 Å². The van der Waals surface area contributed by atoms with E-state index in [0.717, 1.165) is 6.08 Å². The Bertz CT molecular complexity index is 602. The summed E-state index contributed by atoms with van der Waals surface area (Å²) < 4.78 is 10.1. The molecular formula is C15H17KO9. The van der Waals surface area contributed by atoms with Gasteiger partial charge in [-0.1, -0.05) is 12.1 Å². The molecule has 0 aliphatic carbocycles. The number of phenolic OH excluding ortho intramolecular Hbond substituents is 1. The van der Waals surface area contributed by atoms with Crippen LogP contribution in [0.4, 0.5) is 0 Å². The van der Waals surface area contributed by atoms with E-state index in [1.807, 2.05) is 0 Å². The summed E-state index contributed by atoms with van der Waals surface area (Å²) in [7, 11) is 0. The molecule has 1 aromatic rings. The van der Waals surface area contributed by atoms with Crippen LogP contribution in [0.2, 0.25) is 0 Å². The van der Waals surface area contributed by atoms with Crippen LogP contribution >= 0.6 is 0 Å². The first-order valence-corrected chi connectivity index (χ1v) is 7.02. The third kappa shape index (κ3) is 5.72. The molecule has 0 amide bonds. The van der Waals surface area contributed by atoms with Crippen LogP contribution in [0.15, 0.2) is 30.0 Å². The molecule has 0 aromatic heterocycles. The van der Waals surface area contributed by atoms with Crippen molar-refractivity contribution in [3.8, 4) is 5.75 Å². The average molecular weight is 380 g/mol. The van der Waals surface area contributed by atoms with Gasteiger partial charge in [0.05, 0.1) is 6.61 Å². The number of aliphatic hydroxyl groups excluding tert-OH is 4. The fraction of sp³-hybridized carbons (Fsp3) is 0.400. The molecule has 5 N–H and O–H groups in total. The van der Waals surface area contributed by atoms with E-state index < -0.39 is 49.0 Å². The van der Waals surface area contributed by atoms with E-state index in [0.29, 0.717) is 5.56 Å². The number of carbonyl (C=O) groups is 1. The summed E-state index contributed by atoms with van der Waals surface area (Å²) >= 11 is 0. The van der Waals surface area contributed by atoms with Crippen LogP contribution in [-0.2, 0) is 14.3 Å². The number of carboxylic acid groups (broad SMARTS) is 1. The van der Waals surface area contributed by atoms with Crippen molar-refractivity contribution in [2.45, 2.75) is 30.7 Å². The summed E-state index contributed by atoms with van der Waals surface area (Å²) in [5, 5.41) is 58.6. The Morgan fingerprint density at radius 1 is 1.16 bits per heavy atom. The number of phenols is 1. The maximum Gasteiger partial charge on any atom is 1.00 e. The number of carbonyl (C=O) groups excluding carboxylic acids is 1. The van der Waals surface area contributed by atoms with Crippen molar-refractivity contribution in [3.63, 3.8) is 0 Å². The fourth-order valence-corrected chi connectivity index (χ4v) is 2.15. The largest absolute Gasteiger partial charge is 1.00 e. The van der Waals surface area contributed by atoms with Crippen LogP contribution in [-0.4, -0.2) is 68.8 Å². The van der Waals surface area contributed by atoms with E-state index in [4.69, 9.17) is 14.6 Å². The van der Waals surface area contributed by atoms with Crippen LogP contribution < -0.4 is 56.5 Å². The van der Waals surface area contributed by atoms with Gasteiger partial charge in [-0.25, -0.2) is 0 Å². The van der Waals surface area contributed by atoms with Crippen LogP contribution in [0.1, 0.15) is 5.56 Å². The van der Waals surface area contributed by atoms with Gasteiger partial charge in [0.1, 0.15) is 41.9 Å². The van der Waals surface area contributed by atoms with Gasteiger partial charge in [0.15, 0.2) is 0 Å². The smallest absolute Gasteiger partial charge is 0.542 e. The number of ether oxygens (including phenoxy) is 2. The predicted molar refractivity (Wildman–Crippen MR) is 75.9 cm³/mol. The van der Waals surface area contributed by atoms with E-state index >= 15 is 0 Å². The maximum absolute atomic E-state index is 11.2. The SMILES string of the molecule is O=C([O-])/C(=C\c1ccc(O)cc1)O[C@H]1O[C@@H](CO)[C@H](O)[C@@H](O)[C@@H]1O.[K+]. The molecule has 1 saturated heterocycles. The Hall–Kier alpha value is -0.534. The van der Waals surface area contributed by atoms with E-state index in [-0.39, 0.29) is 57.1 Å². The minimum atomic E-state index is -1.75. The minimum absolute atomic E-state index is 0. The van der Waals surface area contributed by atoms with Gasteiger partial charge in [0.2, 0.25) is 6.29 Å². The maximum atomic E-state index is 11.2. The molecule has 1 fully saturated rings. The number of carboxylic acids is 1. The number of hydrogen-bond donors (Lipinski definition) is 5. The Labute approximate surface area is 185 Å². The van der Waals surface area contributed by atoms with E-state index in [1.165, 1.54) is 24.3 Å². The summed E-state index contributed by atoms with van der Waals surface area (Å²) in [5.74, 6) is -2.43. The Morgan fingerprint density at radius 3 is 2.28 bits per heavy atom. The van der Waals surface area contributed by atoms with Gasteiger partial charge in [0.25, 0.3) is 0 Å². The third-order valence-corrected chi connectivity index (χ3v) is 3.48.